The molecule has 0 radical (unpaired) electrons. The van der Waals surface area contributed by atoms with Crippen molar-refractivity contribution in [3.63, 3.8) is 0 Å². The minimum absolute atomic E-state index is 0.00432. The van der Waals surface area contributed by atoms with E-state index in [-0.39, 0.29) is 29.3 Å². The Kier molecular flexibility index (Phi) is 11.7. The number of hydrogen-bond acceptors (Lipinski definition) is 8. The number of anilines is 3. The van der Waals surface area contributed by atoms with E-state index in [9.17, 15) is 14.7 Å². The SMILES string of the molecule is CCCC=C(C)C(C)(C)C1C=CC(n2c(C(=O)N(C)C)cc3cnc(Nc4ccc(N5CC6CCC(CC5=O)N6C(O)OC(C)(C)C)c[n+]4C)nc32)=CCC1. The van der Waals surface area contributed by atoms with E-state index in [0.29, 0.717) is 36.2 Å². The predicted octanol–water partition coefficient (Wildman–Crippen LogP) is 6.94. The first-order valence-corrected chi connectivity index (χ1v) is 19.8. The van der Waals surface area contributed by atoms with Gasteiger partial charge in [-0.1, -0.05) is 51.0 Å². The van der Waals surface area contributed by atoms with Gasteiger partial charge in [0, 0.05) is 62.5 Å². The van der Waals surface area contributed by atoms with Gasteiger partial charge in [0.25, 0.3) is 11.7 Å². The van der Waals surface area contributed by atoms with Crippen LogP contribution in [-0.2, 0) is 16.6 Å². The molecule has 2 fully saturated rings. The minimum Gasteiger partial charge on any atom is -0.356 e. The van der Waals surface area contributed by atoms with Crippen molar-refractivity contribution in [1.29, 1.82) is 0 Å². The molecule has 2 amide bonds. The molecule has 12 heteroatoms. The van der Waals surface area contributed by atoms with Crippen LogP contribution in [0.2, 0.25) is 0 Å². The molecule has 4 atom stereocenters. The van der Waals surface area contributed by atoms with Gasteiger partial charge in [-0.25, -0.2) is 14.8 Å². The molecule has 6 rings (SSSR count). The number of amides is 2. The molecule has 3 aromatic heterocycles. The maximum absolute atomic E-state index is 13.6. The molecule has 4 unspecified atom stereocenters. The fourth-order valence-corrected chi connectivity index (χ4v) is 8.15. The lowest BCUT2D eigenvalue weighted by atomic mass is 9.71. The number of fused-ring (bicyclic) bond motifs is 3. The van der Waals surface area contributed by atoms with Crippen LogP contribution in [0, 0.1) is 11.3 Å². The third-order valence-electron chi connectivity index (χ3n) is 11.6. The van der Waals surface area contributed by atoms with Gasteiger partial charge in [-0.3, -0.25) is 14.2 Å². The van der Waals surface area contributed by atoms with E-state index in [2.05, 4.69) is 62.3 Å². The van der Waals surface area contributed by atoms with Gasteiger partial charge < -0.3 is 19.6 Å². The minimum atomic E-state index is -1.07. The molecule has 2 saturated heterocycles. The number of aromatic nitrogens is 4. The van der Waals surface area contributed by atoms with Gasteiger partial charge in [-0.05, 0) is 89.3 Å². The van der Waals surface area contributed by atoms with Crippen molar-refractivity contribution in [1.82, 2.24) is 24.3 Å². The van der Waals surface area contributed by atoms with Gasteiger partial charge in [0.05, 0.1) is 18.3 Å². The van der Waals surface area contributed by atoms with Crippen LogP contribution in [-0.4, -0.2) is 86.0 Å². The summed E-state index contributed by atoms with van der Waals surface area (Å²) in [5.41, 5.74) is 3.76. The predicted molar refractivity (Wildman–Crippen MR) is 217 cm³/mol. The van der Waals surface area contributed by atoms with Crippen molar-refractivity contribution in [2.75, 3.05) is 30.9 Å². The van der Waals surface area contributed by atoms with E-state index in [0.717, 1.165) is 61.1 Å². The lowest BCUT2D eigenvalue weighted by Crippen LogP contribution is -2.49. The fraction of sp³-hybridized carbons (Fsp3) is 0.558. The Morgan fingerprint density at radius 3 is 2.60 bits per heavy atom. The zero-order valence-electron chi connectivity index (χ0n) is 34.5. The summed E-state index contributed by atoms with van der Waals surface area (Å²) in [6.07, 6.45) is 17.8. The molecule has 0 aromatic carbocycles. The van der Waals surface area contributed by atoms with Crippen LogP contribution in [0.4, 0.5) is 17.5 Å². The van der Waals surface area contributed by atoms with E-state index < -0.39 is 12.0 Å². The highest BCUT2D eigenvalue weighted by Gasteiger charge is 2.45. The van der Waals surface area contributed by atoms with Crippen molar-refractivity contribution in [3.05, 3.63) is 66.2 Å². The summed E-state index contributed by atoms with van der Waals surface area (Å²) in [6.45, 7) is 15.3. The summed E-state index contributed by atoms with van der Waals surface area (Å²) in [7, 11) is 5.44. The van der Waals surface area contributed by atoms with Crippen LogP contribution in [0.1, 0.15) is 104 Å². The molecule has 2 N–H and O–H groups in total. The number of carbonyl (C=O) groups is 2. The normalized spacial score (nSPS) is 21.8. The third kappa shape index (κ3) is 8.56. The fourth-order valence-electron chi connectivity index (χ4n) is 8.15. The number of rotatable bonds is 11. The van der Waals surface area contributed by atoms with Crippen molar-refractivity contribution < 1.29 is 24.0 Å². The van der Waals surface area contributed by atoms with Gasteiger partial charge >= 0.3 is 5.95 Å². The van der Waals surface area contributed by atoms with Crippen molar-refractivity contribution >= 4 is 46.0 Å². The molecule has 3 aliphatic rings. The van der Waals surface area contributed by atoms with Gasteiger partial charge in [-0.15, -0.1) is 0 Å². The number of unbranched alkanes of at least 4 members (excludes halogenated alkanes) is 1. The second kappa shape index (κ2) is 16.0. The highest BCUT2D eigenvalue weighted by molar-refractivity contribution is 6.00. The summed E-state index contributed by atoms with van der Waals surface area (Å²) in [4.78, 5) is 42.2. The highest BCUT2D eigenvalue weighted by atomic mass is 16.6. The topological polar surface area (TPSA) is 120 Å². The molecule has 55 heavy (non-hydrogen) atoms. The first kappa shape index (κ1) is 40.3. The summed E-state index contributed by atoms with van der Waals surface area (Å²) >= 11 is 0. The van der Waals surface area contributed by atoms with E-state index in [1.807, 2.05) is 71.1 Å². The van der Waals surface area contributed by atoms with Crippen molar-refractivity contribution in [3.8, 4) is 0 Å². The Balaban J connectivity index is 1.27. The quantitative estimate of drug-likeness (QED) is 0.123. The molecule has 5 heterocycles. The molecule has 3 aromatic rings. The zero-order valence-corrected chi connectivity index (χ0v) is 34.5. The molecule has 1 aliphatic carbocycles. The molecule has 2 aliphatic heterocycles. The van der Waals surface area contributed by atoms with E-state index in [1.165, 1.54) is 5.57 Å². The van der Waals surface area contributed by atoms with Crippen LogP contribution in [0.25, 0.3) is 16.7 Å². The lowest BCUT2D eigenvalue weighted by Gasteiger charge is -2.35. The van der Waals surface area contributed by atoms with E-state index >= 15 is 0 Å². The number of carbonyl (C=O) groups excluding carboxylic acids is 2. The van der Waals surface area contributed by atoms with Crippen molar-refractivity contribution in [2.45, 2.75) is 118 Å². The van der Waals surface area contributed by atoms with Crippen LogP contribution < -0.4 is 14.8 Å². The maximum Gasteiger partial charge on any atom is 0.320 e. The molecular formula is C43H61N8O4+. The van der Waals surface area contributed by atoms with Gasteiger partial charge in [-0.2, -0.15) is 9.97 Å². The monoisotopic (exact) mass is 753 g/mol. The third-order valence-corrected chi connectivity index (χ3v) is 11.6. The summed E-state index contributed by atoms with van der Waals surface area (Å²) < 4.78 is 9.80. The summed E-state index contributed by atoms with van der Waals surface area (Å²) in [6, 6.07) is 5.64. The Morgan fingerprint density at radius 1 is 1.16 bits per heavy atom. The Labute approximate surface area is 326 Å². The first-order valence-electron chi connectivity index (χ1n) is 19.8. The van der Waals surface area contributed by atoms with Crippen LogP contribution in [0.15, 0.2) is 60.5 Å². The molecule has 12 nitrogen and oxygen atoms in total. The second-order valence-corrected chi connectivity index (χ2v) is 17.2. The maximum atomic E-state index is 13.6. The number of allylic oxidation sites excluding steroid dienone is 6. The summed E-state index contributed by atoms with van der Waals surface area (Å²) in [5, 5.41) is 15.1. The molecule has 2 bridgehead atoms. The zero-order chi connectivity index (χ0) is 39.8. The van der Waals surface area contributed by atoms with Gasteiger partial charge in [0.2, 0.25) is 12.3 Å². The number of aliphatic hydroxyl groups is 1. The average Bonchev–Trinajstić information content (AvgIpc) is 3.54. The molecule has 0 saturated carbocycles. The molecular weight excluding hydrogens is 693 g/mol. The first-order chi connectivity index (χ1) is 26.0. The van der Waals surface area contributed by atoms with Crippen molar-refractivity contribution in [2.24, 2.45) is 18.4 Å². The van der Waals surface area contributed by atoms with Crippen LogP contribution >= 0.6 is 0 Å². The Morgan fingerprint density at radius 2 is 1.91 bits per heavy atom. The Bertz CT molecular complexity index is 2000. The van der Waals surface area contributed by atoms with E-state index in [1.54, 1.807) is 25.2 Å². The second-order valence-electron chi connectivity index (χ2n) is 17.2. The highest BCUT2D eigenvalue weighted by Crippen LogP contribution is 2.41. The van der Waals surface area contributed by atoms with E-state index in [4.69, 9.17) is 9.72 Å². The summed E-state index contributed by atoms with van der Waals surface area (Å²) in [5.74, 6) is 1.37. The molecule has 296 valence electrons. The number of nitrogens with one attached hydrogen (secondary N) is 1. The number of pyridine rings is 1. The van der Waals surface area contributed by atoms with Crippen LogP contribution in [0.5, 0.6) is 0 Å². The smallest absolute Gasteiger partial charge is 0.320 e. The standard InChI is InChI=1S/C43H60N8O4/c1-11-12-14-28(2)43(6,7)30-15-13-16-31(18-17-30)51-35(39(53)47(8)9)23-29-25-44-40(46-38(29)51)45-36-22-21-33(26-48(36)10)49-27-34-20-19-32(24-37(49)52)50(34)41(54)55-42(3,4)5/h14,16-18,21-23,25-26,30,32,34,41,54H,11-13,15,19-20,24,27H2,1-10H3/p+1. The Hall–Kier alpha value is -4.39. The number of aryl methyl sites for hydroxylation is 1. The number of nitrogens with zero attached hydrogens (tertiary/aromatic N) is 7. The number of hydrogen-bond donors (Lipinski definition) is 2. The lowest BCUT2D eigenvalue weighted by molar-refractivity contribution is -0.656. The van der Waals surface area contributed by atoms with Crippen LogP contribution in [0.3, 0.4) is 0 Å². The molecule has 0 spiro atoms. The average molecular weight is 754 g/mol. The number of aliphatic hydroxyl groups excluding tert-OH is 1. The largest absolute Gasteiger partial charge is 0.356 e. The van der Waals surface area contributed by atoms with Gasteiger partial charge in [0.1, 0.15) is 11.9 Å². The van der Waals surface area contributed by atoms with Gasteiger partial charge in [0.15, 0.2) is 5.65 Å². The number of ether oxygens (including phenoxy) is 1.